The molecule has 6 aliphatic rings. The summed E-state index contributed by atoms with van der Waals surface area (Å²) in [5.74, 6) is 1.60. The quantitative estimate of drug-likeness (QED) is 0.264. The van der Waals surface area contributed by atoms with Crippen molar-refractivity contribution in [1.82, 2.24) is 30.7 Å². The molecule has 0 aromatic rings. The minimum Gasteiger partial charge on any atom is -0.390 e. The number of nitrogens with zero attached hydrogens (tertiary/aromatic N) is 3. The van der Waals surface area contributed by atoms with Crippen LogP contribution in [0.4, 0.5) is 0 Å². The van der Waals surface area contributed by atoms with Gasteiger partial charge >= 0.3 is 0 Å². The van der Waals surface area contributed by atoms with Gasteiger partial charge in [0, 0.05) is 69.7 Å². The van der Waals surface area contributed by atoms with Crippen LogP contribution < -0.4 is 16.0 Å². The Morgan fingerprint density at radius 3 is 2.49 bits per heavy atom. The summed E-state index contributed by atoms with van der Waals surface area (Å²) < 4.78 is 12.0. The van der Waals surface area contributed by atoms with Crippen LogP contribution in [0.1, 0.15) is 90.9 Å². The fraction of sp³-hybridized carbons (Fsp3) is 0.944. The van der Waals surface area contributed by atoms with Crippen LogP contribution in [-0.2, 0) is 19.1 Å². The van der Waals surface area contributed by atoms with Crippen LogP contribution in [0.15, 0.2) is 0 Å². The minimum atomic E-state index is -0.556. The molecule has 2 amide bonds. The lowest BCUT2D eigenvalue weighted by Crippen LogP contribution is -2.54. The Morgan fingerprint density at radius 1 is 0.936 bits per heavy atom. The molecule has 0 radical (unpaired) electrons. The van der Waals surface area contributed by atoms with Gasteiger partial charge in [0.25, 0.3) is 0 Å². The largest absolute Gasteiger partial charge is 0.390 e. The Labute approximate surface area is 283 Å². The van der Waals surface area contributed by atoms with Crippen LogP contribution in [0, 0.1) is 17.8 Å². The van der Waals surface area contributed by atoms with Gasteiger partial charge in [-0.25, -0.2) is 0 Å². The van der Waals surface area contributed by atoms with Crippen LogP contribution in [0.25, 0.3) is 0 Å². The van der Waals surface area contributed by atoms with Gasteiger partial charge in [-0.05, 0) is 109 Å². The zero-order valence-electron chi connectivity index (χ0n) is 29.3. The van der Waals surface area contributed by atoms with Crippen molar-refractivity contribution >= 4 is 11.8 Å². The van der Waals surface area contributed by atoms with Crippen molar-refractivity contribution in [3.05, 3.63) is 0 Å². The van der Waals surface area contributed by atoms with E-state index < -0.39 is 6.10 Å². The summed E-state index contributed by atoms with van der Waals surface area (Å²) in [5.41, 5.74) is 0. The first-order chi connectivity index (χ1) is 22.8. The topological polar surface area (TPSA) is 119 Å². The standard InChI is InChI=1S/C36H64N6O5/c1-25-35(47-24-38-25)23-46-34-7-6-28-21-40(13-8-27(28)18-34)22-33(44)20-37-36(45)29-16-31(19-32(17-29)42-11-4-3-5-12-42)39-30-9-14-41(15-10-30)26(2)43/h25,27-35,38-39,44H,3-24H2,1-2H3,(H,37,45)/t25?,27?,28?,29?,31?,32?,33-,34?,35?/m0/s1. The number of hydrogen-bond acceptors (Lipinski definition) is 9. The summed E-state index contributed by atoms with van der Waals surface area (Å²) >= 11 is 0. The first kappa shape index (κ1) is 35.5. The molecule has 6 fully saturated rings. The lowest BCUT2D eigenvalue weighted by molar-refractivity contribution is -0.130. The molecule has 2 saturated carbocycles. The van der Waals surface area contributed by atoms with Crippen molar-refractivity contribution in [2.75, 3.05) is 65.7 Å². The van der Waals surface area contributed by atoms with Gasteiger partial charge in [0.05, 0.1) is 31.6 Å². The minimum absolute atomic E-state index is 0.0365. The third kappa shape index (κ3) is 9.89. The molecule has 6 rings (SSSR count). The number of amides is 2. The number of carbonyl (C=O) groups is 2. The molecule has 11 nitrogen and oxygen atoms in total. The Balaban J connectivity index is 0.930. The van der Waals surface area contributed by atoms with Crippen molar-refractivity contribution in [1.29, 1.82) is 0 Å². The van der Waals surface area contributed by atoms with E-state index in [0.717, 1.165) is 90.6 Å². The molecule has 4 N–H and O–H groups in total. The lowest BCUT2D eigenvalue weighted by Gasteiger charge is -2.44. The van der Waals surface area contributed by atoms with E-state index in [1.165, 1.54) is 25.7 Å². The molecule has 2 aliphatic carbocycles. The van der Waals surface area contributed by atoms with Crippen LogP contribution in [0.5, 0.6) is 0 Å². The van der Waals surface area contributed by atoms with Gasteiger partial charge in [-0.2, -0.15) is 0 Å². The highest BCUT2D eigenvalue weighted by Crippen LogP contribution is 2.38. The van der Waals surface area contributed by atoms with E-state index >= 15 is 0 Å². The normalized spacial score (nSPS) is 37.0. The highest BCUT2D eigenvalue weighted by Gasteiger charge is 2.39. The van der Waals surface area contributed by atoms with E-state index in [1.807, 2.05) is 4.90 Å². The average molecular weight is 661 g/mol. The molecule has 47 heavy (non-hydrogen) atoms. The average Bonchev–Trinajstić information content (AvgIpc) is 3.50. The van der Waals surface area contributed by atoms with E-state index in [0.29, 0.717) is 68.5 Å². The van der Waals surface area contributed by atoms with E-state index in [-0.39, 0.29) is 23.8 Å². The highest BCUT2D eigenvalue weighted by molar-refractivity contribution is 5.79. The fourth-order valence-corrected chi connectivity index (χ4v) is 9.59. The van der Waals surface area contributed by atoms with Crippen LogP contribution in [-0.4, -0.2) is 140 Å². The number of ether oxygens (including phenoxy) is 2. The maximum Gasteiger partial charge on any atom is 0.223 e. The second kappa shape index (κ2) is 17.1. The van der Waals surface area contributed by atoms with Crippen molar-refractivity contribution in [2.24, 2.45) is 17.8 Å². The molecular formula is C36H64N6O5. The molecule has 268 valence electrons. The third-order valence-corrected chi connectivity index (χ3v) is 12.5. The van der Waals surface area contributed by atoms with Crippen molar-refractivity contribution in [3.63, 3.8) is 0 Å². The lowest BCUT2D eigenvalue weighted by atomic mass is 9.74. The van der Waals surface area contributed by atoms with Crippen molar-refractivity contribution in [3.8, 4) is 0 Å². The molecule has 4 saturated heterocycles. The second-order valence-corrected chi connectivity index (χ2v) is 15.9. The molecule has 4 heterocycles. The van der Waals surface area contributed by atoms with E-state index in [4.69, 9.17) is 9.47 Å². The number of nitrogens with one attached hydrogen (secondary N) is 3. The molecule has 0 spiro atoms. The SMILES string of the molecule is CC(=O)N1CCC(NC2CC(C(=O)NC[C@H](O)CN3CCC4CC(OCC5OCNC5C)CCC4C3)CC(N3CCCCC3)C2)CC1. The highest BCUT2D eigenvalue weighted by atomic mass is 16.5. The summed E-state index contributed by atoms with van der Waals surface area (Å²) in [6.07, 6.45) is 13.1. The number of fused-ring (bicyclic) bond motifs is 1. The summed E-state index contributed by atoms with van der Waals surface area (Å²) in [5, 5.41) is 21.4. The Kier molecular flexibility index (Phi) is 12.9. The summed E-state index contributed by atoms with van der Waals surface area (Å²) in [4.78, 5) is 32.4. The zero-order chi connectivity index (χ0) is 32.8. The Bertz CT molecular complexity index is 1010. The predicted molar refractivity (Wildman–Crippen MR) is 182 cm³/mol. The van der Waals surface area contributed by atoms with Crippen molar-refractivity contribution < 1.29 is 24.2 Å². The number of carbonyl (C=O) groups excluding carboxylic acids is 2. The molecule has 4 aliphatic heterocycles. The third-order valence-electron chi connectivity index (χ3n) is 12.5. The molecule has 11 heteroatoms. The number of aliphatic hydroxyl groups excluding tert-OH is 1. The Morgan fingerprint density at radius 2 is 1.74 bits per heavy atom. The van der Waals surface area contributed by atoms with E-state index in [1.54, 1.807) is 6.92 Å². The molecular weight excluding hydrogens is 596 g/mol. The van der Waals surface area contributed by atoms with E-state index in [2.05, 4.69) is 32.7 Å². The number of aliphatic hydroxyl groups is 1. The fourth-order valence-electron chi connectivity index (χ4n) is 9.59. The van der Waals surface area contributed by atoms with Gasteiger partial charge in [0.1, 0.15) is 0 Å². The molecule has 0 aromatic heterocycles. The first-order valence-electron chi connectivity index (χ1n) is 19.2. The number of rotatable bonds is 11. The monoisotopic (exact) mass is 660 g/mol. The Hall–Kier alpha value is -1.34. The number of β-amino-alcohol motifs (C(OH)–C–C–N with tert-alkyl or cyclic N) is 1. The van der Waals surface area contributed by atoms with Gasteiger partial charge in [-0.1, -0.05) is 6.42 Å². The number of hydrogen-bond donors (Lipinski definition) is 4. The van der Waals surface area contributed by atoms with Gasteiger partial charge in [-0.3, -0.25) is 14.9 Å². The smallest absolute Gasteiger partial charge is 0.223 e. The van der Waals surface area contributed by atoms with Crippen LogP contribution in [0.2, 0.25) is 0 Å². The first-order valence-corrected chi connectivity index (χ1v) is 19.2. The van der Waals surface area contributed by atoms with E-state index in [9.17, 15) is 14.7 Å². The summed E-state index contributed by atoms with van der Waals surface area (Å²) in [7, 11) is 0. The van der Waals surface area contributed by atoms with Gasteiger partial charge in [0.15, 0.2) is 0 Å². The van der Waals surface area contributed by atoms with Crippen LogP contribution >= 0.6 is 0 Å². The predicted octanol–water partition coefficient (Wildman–Crippen LogP) is 1.93. The molecule has 0 bridgehead atoms. The maximum atomic E-state index is 13.6. The second-order valence-electron chi connectivity index (χ2n) is 15.9. The summed E-state index contributed by atoms with van der Waals surface area (Å²) in [6, 6.07) is 1.50. The zero-order valence-corrected chi connectivity index (χ0v) is 29.3. The molecule has 8 unspecified atom stereocenters. The van der Waals surface area contributed by atoms with Crippen LogP contribution in [0.3, 0.4) is 0 Å². The molecule has 0 aromatic carbocycles. The summed E-state index contributed by atoms with van der Waals surface area (Å²) in [6.45, 7) is 12.0. The van der Waals surface area contributed by atoms with Gasteiger partial charge < -0.3 is 39.9 Å². The van der Waals surface area contributed by atoms with Gasteiger partial charge in [-0.15, -0.1) is 0 Å². The number of likely N-dealkylation sites (tertiary alicyclic amines) is 3. The van der Waals surface area contributed by atoms with Gasteiger partial charge in [0.2, 0.25) is 11.8 Å². The number of piperidine rings is 3. The van der Waals surface area contributed by atoms with Crippen molar-refractivity contribution in [2.45, 2.75) is 133 Å². The molecule has 9 atom stereocenters. The maximum absolute atomic E-state index is 13.6.